The van der Waals surface area contributed by atoms with Gasteiger partial charge < -0.3 is 35.0 Å². The Balaban J connectivity index is 0.000000396. The largest absolute Gasteiger partial charge is 0.493 e. The van der Waals surface area contributed by atoms with Crippen molar-refractivity contribution in [1.82, 2.24) is 25.0 Å². The Labute approximate surface area is 307 Å². The van der Waals surface area contributed by atoms with Crippen molar-refractivity contribution in [2.24, 2.45) is 5.92 Å². The highest BCUT2D eigenvalue weighted by Gasteiger charge is 2.39. The maximum Gasteiger partial charge on any atom is 0.490 e. The molecule has 1 fully saturated rings. The van der Waals surface area contributed by atoms with E-state index in [0.29, 0.717) is 40.6 Å². The summed E-state index contributed by atoms with van der Waals surface area (Å²) in [5, 5.41) is 24.9. The first kappa shape index (κ1) is 41.1. The number of carboxylic acid groups (broad SMARTS) is 2. The summed E-state index contributed by atoms with van der Waals surface area (Å²) in [6, 6.07) is 8.12. The number of pyridine rings is 1. The number of ether oxygens (including phenoxy) is 1. The summed E-state index contributed by atoms with van der Waals surface area (Å²) in [7, 11) is 0. The number of hydrogen-bond donors (Lipinski definition) is 4. The van der Waals surface area contributed by atoms with Crippen molar-refractivity contribution in [1.29, 1.82) is 0 Å². The summed E-state index contributed by atoms with van der Waals surface area (Å²) in [5.74, 6) is -2.61. The molecule has 4 aromatic rings. The van der Waals surface area contributed by atoms with Gasteiger partial charge >= 0.3 is 24.3 Å². The Bertz CT molecular complexity index is 1910. The summed E-state index contributed by atoms with van der Waals surface area (Å²) < 4.78 is 74.9. The zero-order chi connectivity index (χ0) is 39.6. The molecule has 290 valence electrons. The number of benzene rings is 1. The Morgan fingerprint density at radius 1 is 0.944 bits per heavy atom. The zero-order valence-electron chi connectivity index (χ0n) is 28.2. The Hall–Kier alpha value is -5.66. The number of fused-ring (bicyclic) bond motifs is 6. The molecule has 6 bridgehead atoms. The summed E-state index contributed by atoms with van der Waals surface area (Å²) in [5.41, 5.74) is 4.44. The first-order valence-corrected chi connectivity index (χ1v) is 16.4. The molecule has 0 atom stereocenters. The molecule has 54 heavy (non-hydrogen) atoms. The van der Waals surface area contributed by atoms with Crippen LogP contribution in [0.25, 0.3) is 0 Å². The van der Waals surface area contributed by atoms with Gasteiger partial charge in [0.15, 0.2) is 5.82 Å². The van der Waals surface area contributed by atoms with Gasteiger partial charge in [-0.25, -0.2) is 14.6 Å². The maximum absolute atomic E-state index is 12.7. The average Bonchev–Trinajstić information content (AvgIpc) is 3.54. The molecular weight excluding hydrogens is 756 g/mol. The van der Waals surface area contributed by atoms with E-state index in [1.54, 1.807) is 19.3 Å². The minimum atomic E-state index is -5.08. The molecule has 2 aliphatic rings. The standard InChI is InChI=1S/C29H30ClN7O3.2C2HF3O2/c1-18-24(16-33-40-18)28(38)37-9-6-19(7-10-37)8-11-39-26-5-4-22-13-21(26)3-2-20-12-23(15-31-14-20)35-29-32-17-25(30)27(34-22)36-29;2*3-2(4,5)1(6)7/h4-5,12-17,19H,2-3,6-11H2,1H3,(H2,32,34,35,36);2*(H,6,7). The SMILES string of the molecule is Cc1oncc1C(=O)N1CCC(CCOc2ccc3cc2CCc2cncc(c2)Nc2ncc(Cl)c(n2)N3)CC1.O=C(O)C(F)(F)F.O=C(O)C(F)(F)F. The van der Waals surface area contributed by atoms with Crippen molar-refractivity contribution < 1.29 is 60.2 Å². The lowest BCUT2D eigenvalue weighted by Gasteiger charge is -2.31. The molecule has 2 aliphatic heterocycles. The molecule has 1 aromatic carbocycles. The van der Waals surface area contributed by atoms with Gasteiger partial charge in [-0.05, 0) is 80.3 Å². The summed E-state index contributed by atoms with van der Waals surface area (Å²) in [6.45, 7) is 3.85. The van der Waals surface area contributed by atoms with Crippen LogP contribution in [0.3, 0.4) is 0 Å². The minimum absolute atomic E-state index is 0.00171. The molecular formula is C33H32ClF6N7O7. The van der Waals surface area contributed by atoms with E-state index in [-0.39, 0.29) is 5.91 Å². The van der Waals surface area contributed by atoms with Crippen LogP contribution >= 0.6 is 11.6 Å². The van der Waals surface area contributed by atoms with E-state index in [4.69, 9.17) is 40.7 Å². The van der Waals surface area contributed by atoms with Crippen LogP contribution in [0.15, 0.2) is 53.6 Å². The van der Waals surface area contributed by atoms with Gasteiger partial charge in [0.05, 0.1) is 30.9 Å². The van der Waals surface area contributed by atoms with Gasteiger partial charge in [-0.2, -0.15) is 31.3 Å². The second kappa shape index (κ2) is 17.9. The molecule has 1 saturated heterocycles. The van der Waals surface area contributed by atoms with Gasteiger partial charge in [0.1, 0.15) is 22.1 Å². The van der Waals surface area contributed by atoms with E-state index >= 15 is 0 Å². The summed E-state index contributed by atoms with van der Waals surface area (Å²) in [6.07, 6.45) is 0.975. The fourth-order valence-electron chi connectivity index (χ4n) is 5.18. The monoisotopic (exact) mass is 787 g/mol. The van der Waals surface area contributed by atoms with E-state index in [0.717, 1.165) is 73.4 Å². The molecule has 0 aliphatic carbocycles. The van der Waals surface area contributed by atoms with Crippen LogP contribution in [0.5, 0.6) is 5.75 Å². The number of rotatable bonds is 5. The number of carbonyl (C=O) groups is 3. The lowest BCUT2D eigenvalue weighted by Crippen LogP contribution is -2.38. The molecule has 14 nitrogen and oxygen atoms in total. The molecule has 0 spiro atoms. The molecule has 3 aromatic heterocycles. The highest BCUT2D eigenvalue weighted by atomic mass is 35.5. The Kier molecular flexibility index (Phi) is 13.6. The summed E-state index contributed by atoms with van der Waals surface area (Å²) >= 11 is 6.38. The number of hydrogen-bond acceptors (Lipinski definition) is 11. The number of likely N-dealkylation sites (tertiary alicyclic amines) is 1. The van der Waals surface area contributed by atoms with Crippen molar-refractivity contribution in [2.75, 3.05) is 30.3 Å². The van der Waals surface area contributed by atoms with Gasteiger partial charge in [-0.3, -0.25) is 9.78 Å². The highest BCUT2D eigenvalue weighted by Crippen LogP contribution is 2.31. The molecule has 1 amide bonds. The van der Waals surface area contributed by atoms with Gasteiger partial charge in [-0.15, -0.1) is 0 Å². The van der Waals surface area contributed by atoms with Crippen molar-refractivity contribution in [3.63, 3.8) is 0 Å². The fourth-order valence-corrected chi connectivity index (χ4v) is 5.32. The minimum Gasteiger partial charge on any atom is -0.493 e. The molecule has 0 saturated carbocycles. The zero-order valence-corrected chi connectivity index (χ0v) is 28.9. The van der Waals surface area contributed by atoms with Crippen molar-refractivity contribution in [2.45, 2.75) is 51.4 Å². The quantitative estimate of drug-likeness (QED) is 0.151. The lowest BCUT2D eigenvalue weighted by molar-refractivity contribution is -0.193. The topological polar surface area (TPSA) is 193 Å². The van der Waals surface area contributed by atoms with Crippen molar-refractivity contribution in [3.8, 4) is 5.75 Å². The maximum atomic E-state index is 12.7. The molecule has 6 rings (SSSR count). The number of aromatic nitrogens is 4. The van der Waals surface area contributed by atoms with Gasteiger partial charge in [-0.1, -0.05) is 16.8 Å². The van der Waals surface area contributed by atoms with Crippen LogP contribution in [0.4, 0.5) is 49.5 Å². The highest BCUT2D eigenvalue weighted by molar-refractivity contribution is 6.32. The van der Waals surface area contributed by atoms with Crippen LogP contribution < -0.4 is 15.4 Å². The molecule has 0 radical (unpaired) electrons. The number of carbonyl (C=O) groups excluding carboxylic acids is 1. The summed E-state index contributed by atoms with van der Waals surface area (Å²) in [4.78, 5) is 45.6. The van der Waals surface area contributed by atoms with Crippen LogP contribution in [-0.2, 0) is 22.4 Å². The Morgan fingerprint density at radius 3 is 2.22 bits per heavy atom. The van der Waals surface area contributed by atoms with Gasteiger partial charge in [0.25, 0.3) is 5.91 Å². The van der Waals surface area contributed by atoms with Gasteiger partial charge in [0, 0.05) is 25.0 Å². The molecule has 4 N–H and O–H groups in total. The molecule has 0 unspecified atom stereocenters. The lowest BCUT2D eigenvalue weighted by atomic mass is 9.93. The number of carboxylic acids is 2. The molecule has 21 heteroatoms. The predicted molar refractivity (Wildman–Crippen MR) is 179 cm³/mol. The number of piperidine rings is 1. The molecule has 5 heterocycles. The first-order valence-electron chi connectivity index (χ1n) is 16.0. The number of anilines is 4. The third-order valence-corrected chi connectivity index (χ3v) is 8.23. The predicted octanol–water partition coefficient (Wildman–Crippen LogP) is 7.00. The number of halogens is 7. The van der Waals surface area contributed by atoms with E-state index in [2.05, 4.69) is 42.9 Å². The number of aryl methyl sites for hydroxylation is 3. The fraction of sp³-hybridized carbons (Fsp3) is 0.364. The number of nitrogens with zero attached hydrogens (tertiary/aromatic N) is 5. The third-order valence-electron chi connectivity index (χ3n) is 7.95. The van der Waals surface area contributed by atoms with Crippen LogP contribution in [0.1, 0.15) is 46.5 Å². The number of amides is 1. The van der Waals surface area contributed by atoms with E-state index < -0.39 is 24.3 Å². The van der Waals surface area contributed by atoms with Crippen LogP contribution in [-0.4, -0.2) is 85.1 Å². The van der Waals surface area contributed by atoms with Gasteiger partial charge in [0.2, 0.25) is 5.95 Å². The van der Waals surface area contributed by atoms with Crippen molar-refractivity contribution in [3.05, 3.63) is 76.5 Å². The van der Waals surface area contributed by atoms with E-state index in [9.17, 15) is 31.1 Å². The first-order chi connectivity index (χ1) is 25.4. The number of alkyl halides is 6. The smallest absolute Gasteiger partial charge is 0.490 e. The number of aliphatic carboxylic acids is 2. The third kappa shape index (κ3) is 11.9. The second-order valence-corrected chi connectivity index (χ2v) is 12.2. The number of nitrogens with one attached hydrogen (secondary N) is 2. The second-order valence-electron chi connectivity index (χ2n) is 11.8. The van der Waals surface area contributed by atoms with Crippen LogP contribution in [0, 0.1) is 12.8 Å². The van der Waals surface area contributed by atoms with E-state index in [1.165, 1.54) is 6.20 Å². The normalized spacial score (nSPS) is 14.2. The van der Waals surface area contributed by atoms with E-state index in [1.807, 2.05) is 23.2 Å². The van der Waals surface area contributed by atoms with Crippen molar-refractivity contribution >= 4 is 52.6 Å². The van der Waals surface area contributed by atoms with Crippen LogP contribution in [0.2, 0.25) is 5.02 Å². The Morgan fingerprint density at radius 2 is 1.61 bits per heavy atom. The average molecular weight is 788 g/mol.